The molecule has 34 heavy (non-hydrogen) atoms. The standard InChI is InChI=1S/C24H24ClN3O5S/c1-14-17(25)6-4-7-18(14)28-20(29)13-34-23-16(12-26)22(19-8-5-9-32-19)21(15(2)27-23)24(30)33-11-10-31-3/h4-9,22,27H,10-11,13H2,1-3H3,(H,28,29). The highest BCUT2D eigenvalue weighted by Crippen LogP contribution is 2.41. The van der Waals surface area contributed by atoms with Crippen LogP contribution in [0.3, 0.4) is 0 Å². The molecule has 2 heterocycles. The van der Waals surface area contributed by atoms with E-state index in [4.69, 9.17) is 25.5 Å². The quantitative estimate of drug-likeness (QED) is 0.381. The number of thioether (sulfide) groups is 1. The second-order valence-corrected chi connectivity index (χ2v) is 8.74. The number of furan rings is 1. The molecule has 1 aromatic carbocycles. The molecule has 3 rings (SSSR count). The molecule has 1 atom stereocenters. The molecule has 1 aromatic heterocycles. The minimum Gasteiger partial charge on any atom is -0.468 e. The summed E-state index contributed by atoms with van der Waals surface area (Å²) in [5.74, 6) is -1.15. The van der Waals surface area contributed by atoms with Gasteiger partial charge >= 0.3 is 5.97 Å². The summed E-state index contributed by atoms with van der Waals surface area (Å²) in [6, 6.07) is 10.8. The van der Waals surface area contributed by atoms with Gasteiger partial charge in [-0.2, -0.15) is 5.26 Å². The van der Waals surface area contributed by atoms with Gasteiger partial charge in [0.2, 0.25) is 5.91 Å². The fourth-order valence-electron chi connectivity index (χ4n) is 3.40. The van der Waals surface area contributed by atoms with Crippen molar-refractivity contribution in [3.63, 3.8) is 0 Å². The van der Waals surface area contributed by atoms with E-state index < -0.39 is 11.9 Å². The van der Waals surface area contributed by atoms with E-state index in [1.165, 1.54) is 13.4 Å². The van der Waals surface area contributed by atoms with Gasteiger partial charge in [0.15, 0.2) is 0 Å². The van der Waals surface area contributed by atoms with Crippen molar-refractivity contribution in [1.82, 2.24) is 5.32 Å². The molecule has 1 amide bonds. The summed E-state index contributed by atoms with van der Waals surface area (Å²) in [4.78, 5) is 25.5. The zero-order valence-corrected chi connectivity index (χ0v) is 20.5. The number of halogens is 1. The van der Waals surface area contributed by atoms with Gasteiger partial charge in [0.1, 0.15) is 12.4 Å². The third-order valence-corrected chi connectivity index (χ3v) is 6.53. The number of dihydropyridines is 1. The van der Waals surface area contributed by atoms with Gasteiger partial charge in [-0.3, -0.25) is 4.79 Å². The minimum absolute atomic E-state index is 0.0330. The van der Waals surface area contributed by atoms with Crippen LogP contribution in [0.25, 0.3) is 0 Å². The number of nitrogens with zero attached hydrogens (tertiary/aromatic N) is 1. The molecule has 0 radical (unpaired) electrons. The van der Waals surface area contributed by atoms with E-state index in [2.05, 4.69) is 16.7 Å². The van der Waals surface area contributed by atoms with Crippen LogP contribution in [0.4, 0.5) is 5.69 Å². The van der Waals surface area contributed by atoms with Gasteiger partial charge in [0.25, 0.3) is 0 Å². The Morgan fingerprint density at radius 3 is 2.74 bits per heavy atom. The predicted octanol–water partition coefficient (Wildman–Crippen LogP) is 4.50. The van der Waals surface area contributed by atoms with Gasteiger partial charge < -0.3 is 24.5 Å². The molecular formula is C24H24ClN3O5S. The maximum Gasteiger partial charge on any atom is 0.336 e. The molecule has 1 aliphatic rings. The van der Waals surface area contributed by atoms with Crippen LogP contribution in [0.1, 0.15) is 24.2 Å². The number of rotatable bonds is 9. The number of methoxy groups -OCH3 is 1. The average molecular weight is 502 g/mol. The van der Waals surface area contributed by atoms with E-state index in [-0.39, 0.29) is 36.0 Å². The summed E-state index contributed by atoms with van der Waals surface area (Å²) in [7, 11) is 1.51. The Labute approximate surface area is 206 Å². The molecule has 2 aromatic rings. The lowest BCUT2D eigenvalue weighted by Crippen LogP contribution is -2.29. The summed E-state index contributed by atoms with van der Waals surface area (Å²) in [5.41, 5.74) is 2.43. The first-order chi connectivity index (χ1) is 16.4. The Bertz CT molecular complexity index is 1170. The lowest BCUT2D eigenvalue weighted by Gasteiger charge is -2.27. The molecular weight excluding hydrogens is 478 g/mol. The molecule has 0 saturated heterocycles. The van der Waals surface area contributed by atoms with Crippen LogP contribution in [0, 0.1) is 18.3 Å². The monoisotopic (exact) mass is 501 g/mol. The van der Waals surface area contributed by atoms with Crippen molar-refractivity contribution in [2.45, 2.75) is 19.8 Å². The molecule has 1 unspecified atom stereocenters. The molecule has 1 aliphatic heterocycles. The first-order valence-corrected chi connectivity index (χ1v) is 11.7. The summed E-state index contributed by atoms with van der Waals surface area (Å²) in [6.45, 7) is 3.86. The third kappa shape index (κ3) is 5.83. The number of esters is 1. The molecule has 2 N–H and O–H groups in total. The van der Waals surface area contributed by atoms with E-state index in [0.717, 1.165) is 17.3 Å². The molecule has 0 spiro atoms. The van der Waals surface area contributed by atoms with Crippen LogP contribution in [-0.2, 0) is 19.1 Å². The lowest BCUT2D eigenvalue weighted by molar-refractivity contribution is -0.140. The van der Waals surface area contributed by atoms with E-state index >= 15 is 0 Å². The molecule has 178 valence electrons. The van der Waals surface area contributed by atoms with Crippen molar-refractivity contribution < 1.29 is 23.5 Å². The fraction of sp³-hybridized carbons (Fsp3) is 0.292. The van der Waals surface area contributed by atoms with Crippen LogP contribution in [0.15, 0.2) is 62.9 Å². The number of benzene rings is 1. The van der Waals surface area contributed by atoms with Crippen molar-refractivity contribution in [3.05, 3.63) is 74.8 Å². The van der Waals surface area contributed by atoms with Gasteiger partial charge in [-0.1, -0.05) is 29.4 Å². The zero-order valence-electron chi connectivity index (χ0n) is 18.9. The Morgan fingerprint density at radius 1 is 1.26 bits per heavy atom. The van der Waals surface area contributed by atoms with Crippen LogP contribution < -0.4 is 10.6 Å². The molecule has 8 nitrogen and oxygen atoms in total. The van der Waals surface area contributed by atoms with Crippen molar-refractivity contribution in [3.8, 4) is 6.07 Å². The highest BCUT2D eigenvalue weighted by atomic mass is 35.5. The highest BCUT2D eigenvalue weighted by Gasteiger charge is 2.37. The highest BCUT2D eigenvalue weighted by molar-refractivity contribution is 8.03. The second-order valence-electron chi connectivity index (χ2n) is 7.34. The first kappa shape index (κ1) is 25.4. The third-order valence-electron chi connectivity index (χ3n) is 5.11. The first-order valence-electron chi connectivity index (χ1n) is 10.4. The Hall–Kier alpha value is -3.19. The number of carbonyl (C=O) groups is 2. The van der Waals surface area contributed by atoms with E-state index in [0.29, 0.717) is 27.2 Å². The van der Waals surface area contributed by atoms with Crippen LogP contribution in [0.2, 0.25) is 5.02 Å². The van der Waals surface area contributed by atoms with Crippen LogP contribution in [0.5, 0.6) is 0 Å². The van der Waals surface area contributed by atoms with Crippen molar-refractivity contribution in [2.75, 3.05) is 31.4 Å². The summed E-state index contributed by atoms with van der Waals surface area (Å²) < 4.78 is 15.8. The largest absolute Gasteiger partial charge is 0.468 e. The van der Waals surface area contributed by atoms with E-state index in [1.807, 2.05) is 6.92 Å². The maximum atomic E-state index is 12.9. The van der Waals surface area contributed by atoms with Crippen molar-refractivity contribution >= 4 is 40.9 Å². The number of nitrogens with one attached hydrogen (secondary N) is 2. The number of carbonyl (C=O) groups excluding carboxylic acids is 2. The number of hydrogen-bond acceptors (Lipinski definition) is 8. The van der Waals surface area contributed by atoms with Crippen LogP contribution >= 0.6 is 23.4 Å². The molecule has 0 aliphatic carbocycles. The number of nitriles is 1. The van der Waals surface area contributed by atoms with Crippen molar-refractivity contribution in [2.24, 2.45) is 0 Å². The average Bonchev–Trinajstić information content (AvgIpc) is 3.35. The summed E-state index contributed by atoms with van der Waals surface area (Å²) in [5, 5.41) is 16.9. The number of ether oxygens (including phenoxy) is 2. The van der Waals surface area contributed by atoms with Gasteiger partial charge in [-0.25, -0.2) is 4.79 Å². The van der Waals surface area contributed by atoms with Gasteiger partial charge in [-0.05, 0) is 43.7 Å². The molecule has 0 fully saturated rings. The van der Waals surface area contributed by atoms with Gasteiger partial charge in [0, 0.05) is 23.5 Å². The van der Waals surface area contributed by atoms with Crippen LogP contribution in [-0.4, -0.2) is 38.0 Å². The van der Waals surface area contributed by atoms with Crippen molar-refractivity contribution in [1.29, 1.82) is 5.26 Å². The second kappa shape index (κ2) is 11.8. The SMILES string of the molecule is COCCOC(=O)C1=C(C)NC(SCC(=O)Nc2cccc(Cl)c2C)=C(C#N)C1c1ccco1. The summed E-state index contributed by atoms with van der Waals surface area (Å²) in [6.07, 6.45) is 1.48. The lowest BCUT2D eigenvalue weighted by atomic mass is 9.86. The zero-order chi connectivity index (χ0) is 24.7. The normalized spacial score (nSPS) is 15.6. The number of hydrogen-bond donors (Lipinski definition) is 2. The minimum atomic E-state index is -0.767. The Kier molecular flexibility index (Phi) is 8.82. The molecule has 10 heteroatoms. The molecule has 0 bridgehead atoms. The topological polar surface area (TPSA) is 114 Å². The summed E-state index contributed by atoms with van der Waals surface area (Å²) >= 11 is 7.29. The Balaban J connectivity index is 1.82. The van der Waals surface area contributed by atoms with Gasteiger partial charge in [0.05, 0.1) is 46.8 Å². The van der Waals surface area contributed by atoms with E-state index in [9.17, 15) is 14.9 Å². The van der Waals surface area contributed by atoms with E-state index in [1.54, 1.807) is 37.3 Å². The smallest absolute Gasteiger partial charge is 0.336 e. The van der Waals surface area contributed by atoms with Gasteiger partial charge in [-0.15, -0.1) is 0 Å². The fourth-order valence-corrected chi connectivity index (χ4v) is 4.47. The number of allylic oxidation sites excluding steroid dienone is 2. The Morgan fingerprint density at radius 2 is 2.06 bits per heavy atom. The number of amides is 1. The molecule has 0 saturated carbocycles. The maximum absolute atomic E-state index is 12.9. The number of anilines is 1. The predicted molar refractivity (Wildman–Crippen MR) is 130 cm³/mol.